The Morgan fingerprint density at radius 1 is 1.11 bits per heavy atom. The molecule has 0 amide bonds. The molecule has 0 saturated carbocycles. The third kappa shape index (κ3) is 4.11. The van der Waals surface area contributed by atoms with E-state index < -0.39 is 21.3 Å². The Hall–Kier alpha value is -3.27. The summed E-state index contributed by atoms with van der Waals surface area (Å²) in [5.74, 6) is 0.603. The first-order valence-corrected chi connectivity index (χ1v) is 9.69. The standard InChI is InChI=1S/C17H17N3O6S/c1-25-14-9-13-12(8-15(14)26-10-11-6-4-3-5-7-11)16(21)20(17(22)18-13)19-27(2,23)24/h3-9,19H,10H2,1-2H3,(H,18,22). The van der Waals surface area contributed by atoms with E-state index in [0.717, 1.165) is 11.8 Å². The van der Waals surface area contributed by atoms with E-state index in [-0.39, 0.29) is 23.3 Å². The molecule has 0 fully saturated rings. The summed E-state index contributed by atoms with van der Waals surface area (Å²) in [5, 5.41) is 0.0645. The monoisotopic (exact) mass is 391 g/mol. The van der Waals surface area contributed by atoms with Gasteiger partial charge in [0, 0.05) is 6.07 Å². The summed E-state index contributed by atoms with van der Waals surface area (Å²) in [5.41, 5.74) is -0.637. The smallest absolute Gasteiger partial charge is 0.348 e. The number of nitrogens with zero attached hydrogens (tertiary/aromatic N) is 1. The third-order valence-electron chi connectivity index (χ3n) is 3.68. The Kier molecular flexibility index (Phi) is 4.91. The summed E-state index contributed by atoms with van der Waals surface area (Å²) >= 11 is 0. The fraction of sp³-hybridized carbons (Fsp3) is 0.176. The van der Waals surface area contributed by atoms with E-state index in [9.17, 15) is 18.0 Å². The zero-order valence-electron chi connectivity index (χ0n) is 14.6. The van der Waals surface area contributed by atoms with Crippen molar-refractivity contribution >= 4 is 20.9 Å². The van der Waals surface area contributed by atoms with Gasteiger partial charge in [-0.1, -0.05) is 30.3 Å². The summed E-state index contributed by atoms with van der Waals surface area (Å²) in [6.45, 7) is 0.238. The SMILES string of the molecule is COc1cc2[nH]c(=O)n(NS(C)(=O)=O)c(=O)c2cc1OCc1ccccc1. The van der Waals surface area contributed by atoms with E-state index in [2.05, 4.69) is 4.98 Å². The van der Waals surface area contributed by atoms with Gasteiger partial charge in [0.1, 0.15) is 6.61 Å². The van der Waals surface area contributed by atoms with Crippen molar-refractivity contribution in [2.75, 3.05) is 18.2 Å². The molecule has 1 aromatic heterocycles. The Morgan fingerprint density at radius 2 is 1.81 bits per heavy atom. The van der Waals surface area contributed by atoms with Crippen LogP contribution in [0.2, 0.25) is 0 Å². The lowest BCUT2D eigenvalue weighted by Gasteiger charge is -2.13. The van der Waals surface area contributed by atoms with E-state index >= 15 is 0 Å². The maximum absolute atomic E-state index is 12.6. The van der Waals surface area contributed by atoms with Crippen LogP contribution in [0, 0.1) is 0 Å². The molecule has 9 nitrogen and oxygen atoms in total. The van der Waals surface area contributed by atoms with Crippen molar-refractivity contribution in [1.82, 2.24) is 9.66 Å². The molecule has 0 radical (unpaired) electrons. The van der Waals surface area contributed by atoms with E-state index in [1.54, 1.807) is 0 Å². The number of sulfonamides is 1. The number of hydrogen-bond acceptors (Lipinski definition) is 6. The largest absolute Gasteiger partial charge is 0.493 e. The van der Waals surface area contributed by atoms with Gasteiger partial charge in [0.2, 0.25) is 10.0 Å². The lowest BCUT2D eigenvalue weighted by atomic mass is 10.2. The third-order valence-corrected chi connectivity index (χ3v) is 4.19. The van der Waals surface area contributed by atoms with Gasteiger partial charge in [-0.15, -0.1) is 0 Å². The number of ether oxygens (including phenoxy) is 2. The summed E-state index contributed by atoms with van der Waals surface area (Å²) < 4.78 is 34.2. The van der Waals surface area contributed by atoms with Crippen molar-refractivity contribution in [3.05, 3.63) is 68.9 Å². The first-order valence-electron chi connectivity index (χ1n) is 7.80. The van der Waals surface area contributed by atoms with Crippen LogP contribution in [-0.2, 0) is 16.6 Å². The Morgan fingerprint density at radius 3 is 2.44 bits per heavy atom. The molecule has 2 N–H and O–H groups in total. The summed E-state index contributed by atoms with van der Waals surface area (Å²) in [6, 6.07) is 12.2. The zero-order chi connectivity index (χ0) is 19.6. The van der Waals surface area contributed by atoms with Crippen molar-refractivity contribution in [2.24, 2.45) is 0 Å². The minimum absolute atomic E-state index is 0.0645. The molecular formula is C17H17N3O6S. The topological polar surface area (TPSA) is 119 Å². The molecule has 3 rings (SSSR count). The number of fused-ring (bicyclic) bond motifs is 1. The fourth-order valence-corrected chi connectivity index (χ4v) is 2.98. The highest BCUT2D eigenvalue weighted by Gasteiger charge is 2.15. The zero-order valence-corrected chi connectivity index (χ0v) is 15.4. The predicted octanol–water partition coefficient (Wildman–Crippen LogP) is 0.780. The normalized spacial score (nSPS) is 11.3. The van der Waals surface area contributed by atoms with Gasteiger partial charge >= 0.3 is 5.69 Å². The van der Waals surface area contributed by atoms with Crippen LogP contribution in [0.25, 0.3) is 10.9 Å². The highest BCUT2D eigenvalue weighted by atomic mass is 32.2. The average Bonchev–Trinajstić information content (AvgIpc) is 2.63. The van der Waals surface area contributed by atoms with Crippen LogP contribution in [-0.4, -0.2) is 31.4 Å². The fourth-order valence-electron chi connectivity index (χ4n) is 2.48. The number of aromatic amines is 1. The lowest BCUT2D eigenvalue weighted by molar-refractivity contribution is 0.285. The van der Waals surface area contributed by atoms with Crippen LogP contribution in [0.1, 0.15) is 5.56 Å². The van der Waals surface area contributed by atoms with E-state index in [1.807, 2.05) is 35.2 Å². The maximum atomic E-state index is 12.6. The van der Waals surface area contributed by atoms with Gasteiger partial charge in [-0.05, 0) is 11.6 Å². The van der Waals surface area contributed by atoms with Crippen LogP contribution in [0.3, 0.4) is 0 Å². The first-order chi connectivity index (χ1) is 12.8. The molecule has 0 saturated heterocycles. The van der Waals surface area contributed by atoms with Crippen LogP contribution in [0.5, 0.6) is 11.5 Å². The van der Waals surface area contributed by atoms with Gasteiger partial charge in [0.25, 0.3) is 5.56 Å². The van der Waals surface area contributed by atoms with Crippen molar-refractivity contribution in [1.29, 1.82) is 0 Å². The molecule has 0 aliphatic carbocycles. The van der Waals surface area contributed by atoms with Crippen molar-refractivity contribution < 1.29 is 17.9 Å². The van der Waals surface area contributed by atoms with Gasteiger partial charge in [-0.3, -0.25) is 4.79 Å². The highest BCUT2D eigenvalue weighted by molar-refractivity contribution is 7.91. The van der Waals surface area contributed by atoms with Gasteiger partial charge in [-0.25, -0.2) is 18.0 Å². The Labute approximate surface area is 154 Å². The van der Waals surface area contributed by atoms with E-state index in [1.165, 1.54) is 19.2 Å². The van der Waals surface area contributed by atoms with E-state index in [0.29, 0.717) is 10.4 Å². The number of hydrogen-bond donors (Lipinski definition) is 2. The molecule has 0 spiro atoms. The minimum atomic E-state index is -3.82. The van der Waals surface area contributed by atoms with Crippen molar-refractivity contribution in [2.45, 2.75) is 6.61 Å². The number of methoxy groups -OCH3 is 1. The second-order valence-electron chi connectivity index (χ2n) is 5.76. The van der Waals surface area contributed by atoms with Crippen LogP contribution in [0.4, 0.5) is 0 Å². The summed E-state index contributed by atoms with van der Waals surface area (Å²) in [7, 11) is -2.39. The molecule has 0 atom stereocenters. The highest BCUT2D eigenvalue weighted by Crippen LogP contribution is 2.30. The van der Waals surface area contributed by atoms with E-state index in [4.69, 9.17) is 9.47 Å². The molecule has 0 bridgehead atoms. The average molecular weight is 391 g/mol. The molecule has 1 heterocycles. The van der Waals surface area contributed by atoms with Crippen molar-refractivity contribution in [3.8, 4) is 11.5 Å². The number of benzene rings is 2. The summed E-state index contributed by atoms with van der Waals surface area (Å²) in [6.07, 6.45) is 0.839. The second-order valence-corrected chi connectivity index (χ2v) is 7.48. The number of H-pyrrole nitrogens is 1. The first kappa shape index (κ1) is 18.5. The molecule has 3 aromatic rings. The number of nitrogens with one attached hydrogen (secondary N) is 2. The van der Waals surface area contributed by atoms with Crippen LogP contribution >= 0.6 is 0 Å². The molecule has 10 heteroatoms. The maximum Gasteiger partial charge on any atom is 0.348 e. The molecule has 142 valence electrons. The summed E-state index contributed by atoms with van der Waals surface area (Å²) in [4.78, 5) is 28.9. The predicted molar refractivity (Wildman–Crippen MR) is 100 cm³/mol. The van der Waals surface area contributed by atoms with Crippen LogP contribution < -0.4 is 25.6 Å². The molecular weight excluding hydrogens is 374 g/mol. The molecule has 27 heavy (non-hydrogen) atoms. The Bertz CT molecular complexity index is 1200. The Balaban J connectivity index is 2.09. The number of aromatic nitrogens is 2. The second kappa shape index (κ2) is 7.16. The lowest BCUT2D eigenvalue weighted by Crippen LogP contribution is -2.43. The van der Waals surface area contributed by atoms with Crippen molar-refractivity contribution in [3.63, 3.8) is 0 Å². The minimum Gasteiger partial charge on any atom is -0.493 e. The number of rotatable bonds is 6. The quantitative estimate of drug-likeness (QED) is 0.641. The van der Waals surface area contributed by atoms with Gasteiger partial charge in [-0.2, -0.15) is 4.68 Å². The molecule has 0 unspecified atom stereocenters. The van der Waals surface area contributed by atoms with Gasteiger partial charge in [0.15, 0.2) is 11.5 Å². The molecule has 0 aliphatic heterocycles. The van der Waals surface area contributed by atoms with Gasteiger partial charge in [0.05, 0.1) is 24.3 Å². The molecule has 0 aliphatic rings. The van der Waals surface area contributed by atoms with Gasteiger partial charge < -0.3 is 14.5 Å². The molecule has 2 aromatic carbocycles. The van der Waals surface area contributed by atoms with Crippen LogP contribution in [0.15, 0.2) is 52.1 Å².